The molecule has 0 aliphatic carbocycles. The first kappa shape index (κ1) is 13.6. The van der Waals surface area contributed by atoms with Gasteiger partial charge in [-0.3, -0.25) is 10.1 Å². The molecule has 0 spiro atoms. The second-order valence-corrected chi connectivity index (χ2v) is 4.59. The van der Waals surface area contributed by atoms with Crippen LogP contribution >= 0.6 is 23.2 Å². The average molecular weight is 298 g/mol. The van der Waals surface area contributed by atoms with Gasteiger partial charge in [0.2, 0.25) is 0 Å². The van der Waals surface area contributed by atoms with Gasteiger partial charge >= 0.3 is 0 Å². The van der Waals surface area contributed by atoms with Crippen LogP contribution in [0.25, 0.3) is 0 Å². The van der Waals surface area contributed by atoms with Crippen LogP contribution in [0.3, 0.4) is 0 Å². The first-order chi connectivity index (χ1) is 9.08. The van der Waals surface area contributed by atoms with Crippen molar-refractivity contribution >= 4 is 28.9 Å². The summed E-state index contributed by atoms with van der Waals surface area (Å²) in [5.41, 5.74) is 0.369. The van der Waals surface area contributed by atoms with Gasteiger partial charge in [0.05, 0.1) is 15.5 Å². The molecular weight excluding hydrogens is 289 g/mol. The summed E-state index contributed by atoms with van der Waals surface area (Å²) in [5.74, 6) is 0.471. The first-order valence-electron chi connectivity index (χ1n) is 5.38. The quantitative estimate of drug-likeness (QED) is 0.617. The summed E-state index contributed by atoms with van der Waals surface area (Å²) in [6.07, 6.45) is 0. The van der Waals surface area contributed by atoms with Gasteiger partial charge in [-0.25, -0.2) is 0 Å². The molecule has 0 amide bonds. The van der Waals surface area contributed by atoms with Gasteiger partial charge in [-0.05, 0) is 24.3 Å². The Morgan fingerprint density at radius 3 is 2.58 bits per heavy atom. The van der Waals surface area contributed by atoms with Crippen molar-refractivity contribution in [1.29, 1.82) is 0 Å². The lowest BCUT2D eigenvalue weighted by atomic mass is 10.2. The Hall–Kier alpha value is -1.78. The van der Waals surface area contributed by atoms with Crippen LogP contribution in [0.4, 0.5) is 5.69 Å². The highest BCUT2D eigenvalue weighted by molar-refractivity contribution is 6.32. The molecule has 0 saturated heterocycles. The maximum atomic E-state index is 10.9. The van der Waals surface area contributed by atoms with Crippen molar-refractivity contribution in [3.8, 4) is 5.75 Å². The summed E-state index contributed by atoms with van der Waals surface area (Å²) in [7, 11) is 0. The Labute approximate surface area is 119 Å². The third-order valence-corrected chi connectivity index (χ3v) is 3.01. The van der Waals surface area contributed by atoms with Crippen molar-refractivity contribution in [2.24, 2.45) is 0 Å². The van der Waals surface area contributed by atoms with E-state index in [1.54, 1.807) is 24.3 Å². The van der Waals surface area contributed by atoms with Crippen molar-refractivity contribution in [3.63, 3.8) is 0 Å². The zero-order valence-electron chi connectivity index (χ0n) is 9.68. The Morgan fingerprint density at radius 2 is 1.89 bits per heavy atom. The number of ether oxygens (including phenoxy) is 1. The van der Waals surface area contributed by atoms with Crippen LogP contribution < -0.4 is 4.74 Å². The zero-order chi connectivity index (χ0) is 13.8. The van der Waals surface area contributed by atoms with E-state index >= 15 is 0 Å². The lowest BCUT2D eigenvalue weighted by Gasteiger charge is -2.08. The fraction of sp³-hybridized carbons (Fsp3) is 0.0769. The SMILES string of the molecule is O=[N+]([O-])c1ccc(Cl)cc1COc1ccccc1Cl. The predicted molar refractivity (Wildman–Crippen MR) is 73.9 cm³/mol. The summed E-state index contributed by atoms with van der Waals surface area (Å²) >= 11 is 11.8. The molecule has 0 aromatic heterocycles. The fourth-order valence-electron chi connectivity index (χ4n) is 1.57. The number of hydrogen-bond acceptors (Lipinski definition) is 3. The van der Waals surface area contributed by atoms with E-state index in [0.717, 1.165) is 0 Å². The van der Waals surface area contributed by atoms with Crippen molar-refractivity contribution in [2.75, 3.05) is 0 Å². The van der Waals surface area contributed by atoms with Gasteiger partial charge in [-0.2, -0.15) is 0 Å². The molecule has 0 aliphatic heterocycles. The largest absolute Gasteiger partial charge is 0.487 e. The second kappa shape index (κ2) is 5.91. The van der Waals surface area contributed by atoms with E-state index in [-0.39, 0.29) is 12.3 Å². The number of nitrogens with zero attached hydrogens (tertiary/aromatic N) is 1. The zero-order valence-corrected chi connectivity index (χ0v) is 11.2. The highest BCUT2D eigenvalue weighted by Crippen LogP contribution is 2.27. The molecule has 2 aromatic carbocycles. The molecule has 0 heterocycles. The van der Waals surface area contributed by atoms with E-state index in [9.17, 15) is 10.1 Å². The van der Waals surface area contributed by atoms with Gasteiger partial charge < -0.3 is 4.74 Å². The standard InChI is InChI=1S/C13H9Cl2NO3/c14-10-5-6-12(16(17)18)9(7-10)8-19-13-4-2-1-3-11(13)15/h1-7H,8H2. The highest BCUT2D eigenvalue weighted by Gasteiger charge is 2.14. The number of nitro groups is 1. The van der Waals surface area contributed by atoms with Crippen LogP contribution in [0.5, 0.6) is 5.75 Å². The normalized spacial score (nSPS) is 10.2. The molecule has 6 heteroatoms. The van der Waals surface area contributed by atoms with E-state index in [1.165, 1.54) is 18.2 Å². The predicted octanol–water partition coefficient (Wildman–Crippen LogP) is 4.48. The van der Waals surface area contributed by atoms with E-state index in [1.807, 2.05) is 0 Å². The van der Waals surface area contributed by atoms with Gasteiger partial charge in [-0.1, -0.05) is 35.3 Å². The Morgan fingerprint density at radius 1 is 1.16 bits per heavy atom. The number of benzene rings is 2. The smallest absolute Gasteiger partial charge is 0.276 e. The van der Waals surface area contributed by atoms with Crippen LogP contribution in [-0.2, 0) is 6.61 Å². The van der Waals surface area contributed by atoms with Crippen molar-refractivity contribution in [1.82, 2.24) is 0 Å². The number of para-hydroxylation sites is 1. The minimum atomic E-state index is -0.471. The third-order valence-electron chi connectivity index (χ3n) is 2.46. The molecule has 0 aliphatic rings. The molecule has 4 nitrogen and oxygen atoms in total. The number of rotatable bonds is 4. The molecule has 0 fully saturated rings. The molecule has 0 N–H and O–H groups in total. The summed E-state index contributed by atoms with van der Waals surface area (Å²) in [5, 5.41) is 11.8. The minimum Gasteiger partial charge on any atom is -0.487 e. The van der Waals surface area contributed by atoms with Crippen LogP contribution in [0.1, 0.15) is 5.56 Å². The third kappa shape index (κ3) is 3.36. The van der Waals surface area contributed by atoms with Gasteiger partial charge in [-0.15, -0.1) is 0 Å². The van der Waals surface area contributed by atoms with Gasteiger partial charge in [0, 0.05) is 11.1 Å². The van der Waals surface area contributed by atoms with Gasteiger partial charge in [0.15, 0.2) is 0 Å². The topological polar surface area (TPSA) is 52.4 Å². The van der Waals surface area contributed by atoms with E-state index < -0.39 is 4.92 Å². The summed E-state index contributed by atoms with van der Waals surface area (Å²) in [6.45, 7) is 0.0284. The molecule has 2 rings (SSSR count). The van der Waals surface area contributed by atoms with Crippen LogP contribution in [0.2, 0.25) is 10.0 Å². The van der Waals surface area contributed by atoms with Crippen molar-refractivity contribution in [2.45, 2.75) is 6.61 Å². The molecule has 0 unspecified atom stereocenters. The molecule has 0 radical (unpaired) electrons. The maximum Gasteiger partial charge on any atom is 0.276 e. The fourth-order valence-corrected chi connectivity index (χ4v) is 1.95. The average Bonchev–Trinajstić information content (AvgIpc) is 2.37. The second-order valence-electron chi connectivity index (χ2n) is 3.75. The molecule has 0 atom stereocenters. The summed E-state index contributed by atoms with van der Waals surface area (Å²) in [4.78, 5) is 10.4. The number of nitro benzene ring substituents is 1. The summed E-state index contributed by atoms with van der Waals surface area (Å²) in [6, 6.07) is 11.3. The van der Waals surface area contributed by atoms with E-state index in [0.29, 0.717) is 21.4 Å². The molecule has 19 heavy (non-hydrogen) atoms. The van der Waals surface area contributed by atoms with Crippen molar-refractivity contribution < 1.29 is 9.66 Å². The van der Waals surface area contributed by atoms with E-state index in [4.69, 9.17) is 27.9 Å². The van der Waals surface area contributed by atoms with Crippen LogP contribution in [0, 0.1) is 10.1 Å². The molecule has 0 saturated carbocycles. The minimum absolute atomic E-state index is 0.0284. The highest BCUT2D eigenvalue weighted by atomic mass is 35.5. The molecule has 98 valence electrons. The number of hydrogen-bond donors (Lipinski definition) is 0. The lowest BCUT2D eigenvalue weighted by Crippen LogP contribution is -2.01. The Kier molecular flexibility index (Phi) is 4.24. The summed E-state index contributed by atoms with van der Waals surface area (Å²) < 4.78 is 5.47. The van der Waals surface area contributed by atoms with Gasteiger partial charge in [0.25, 0.3) is 5.69 Å². The van der Waals surface area contributed by atoms with Crippen LogP contribution in [0.15, 0.2) is 42.5 Å². The van der Waals surface area contributed by atoms with E-state index in [2.05, 4.69) is 0 Å². The van der Waals surface area contributed by atoms with Crippen molar-refractivity contribution in [3.05, 3.63) is 68.2 Å². The molecule has 2 aromatic rings. The number of halogens is 2. The Bertz CT molecular complexity index is 617. The van der Waals surface area contributed by atoms with Crippen LogP contribution in [-0.4, -0.2) is 4.92 Å². The van der Waals surface area contributed by atoms with Gasteiger partial charge in [0.1, 0.15) is 12.4 Å². The molecular formula is C13H9Cl2NO3. The first-order valence-corrected chi connectivity index (χ1v) is 6.13. The monoisotopic (exact) mass is 297 g/mol. The Balaban J connectivity index is 2.22. The lowest BCUT2D eigenvalue weighted by molar-refractivity contribution is -0.385. The molecule has 0 bridgehead atoms. The maximum absolute atomic E-state index is 10.9.